The monoisotopic (exact) mass is 485 g/mol. The van der Waals surface area contributed by atoms with Crippen LogP contribution in [0.5, 0.6) is 17.2 Å². The maximum absolute atomic E-state index is 6.29. The number of aromatic nitrogens is 2. The molecule has 0 amide bonds. The molecule has 0 aliphatic carbocycles. The first kappa shape index (κ1) is 23.7. The fourth-order valence-electron chi connectivity index (χ4n) is 4.45. The van der Waals surface area contributed by atoms with Crippen molar-refractivity contribution in [1.82, 2.24) is 14.9 Å². The first-order valence-corrected chi connectivity index (χ1v) is 12.0. The fourth-order valence-corrected chi connectivity index (χ4v) is 4.45. The Morgan fingerprint density at radius 3 is 2.28 bits per heavy atom. The maximum Gasteiger partial charge on any atom is 0.227 e. The number of fused-ring (bicyclic) bond motifs is 1. The number of nitrogens with zero attached hydrogens (tertiary/aromatic N) is 4. The molecule has 0 unspecified atom stereocenters. The van der Waals surface area contributed by atoms with Gasteiger partial charge in [0.1, 0.15) is 18.2 Å². The minimum atomic E-state index is 0.436. The fraction of sp³-hybridized carbons (Fsp3) is 0.286. The number of benzene rings is 3. The van der Waals surface area contributed by atoms with Gasteiger partial charge in [-0.15, -0.1) is 0 Å². The van der Waals surface area contributed by atoms with Gasteiger partial charge in [0.2, 0.25) is 5.95 Å². The molecule has 0 radical (unpaired) electrons. The van der Waals surface area contributed by atoms with Crippen molar-refractivity contribution >= 4 is 22.7 Å². The molecule has 2 N–H and O–H groups in total. The summed E-state index contributed by atoms with van der Waals surface area (Å²) in [5.74, 6) is 3.20. The van der Waals surface area contributed by atoms with E-state index in [9.17, 15) is 0 Å². The quantitative estimate of drug-likeness (QED) is 0.399. The van der Waals surface area contributed by atoms with Crippen LogP contribution >= 0.6 is 0 Å². The molecule has 3 aromatic carbocycles. The lowest BCUT2D eigenvalue weighted by Gasteiger charge is -2.35. The van der Waals surface area contributed by atoms with Crippen molar-refractivity contribution in [3.63, 3.8) is 0 Å². The summed E-state index contributed by atoms with van der Waals surface area (Å²) in [6, 6.07) is 22.2. The van der Waals surface area contributed by atoms with Gasteiger partial charge in [-0.2, -0.15) is 4.98 Å². The van der Waals surface area contributed by atoms with E-state index < -0.39 is 0 Å². The number of nitrogens with two attached hydrogens (primary N) is 1. The first-order chi connectivity index (χ1) is 17.6. The van der Waals surface area contributed by atoms with Gasteiger partial charge in [0.15, 0.2) is 11.5 Å². The van der Waals surface area contributed by atoms with Crippen LogP contribution in [0, 0.1) is 0 Å². The average Bonchev–Trinajstić information content (AvgIpc) is 2.92. The van der Waals surface area contributed by atoms with E-state index >= 15 is 0 Å². The summed E-state index contributed by atoms with van der Waals surface area (Å²) in [5, 5.41) is 0.754. The highest BCUT2D eigenvalue weighted by Crippen LogP contribution is 2.34. The van der Waals surface area contributed by atoms with Gasteiger partial charge in [-0.1, -0.05) is 42.5 Å². The van der Waals surface area contributed by atoms with Crippen LogP contribution in [0.25, 0.3) is 10.9 Å². The molecule has 1 saturated heterocycles. The summed E-state index contributed by atoms with van der Waals surface area (Å²) in [5.41, 5.74) is 9.43. The van der Waals surface area contributed by atoms with Crippen LogP contribution in [0.15, 0.2) is 66.7 Å². The van der Waals surface area contributed by atoms with E-state index in [-0.39, 0.29) is 0 Å². The largest absolute Gasteiger partial charge is 0.493 e. The van der Waals surface area contributed by atoms with Gasteiger partial charge < -0.3 is 24.8 Å². The second-order valence-electron chi connectivity index (χ2n) is 8.82. The minimum Gasteiger partial charge on any atom is -0.493 e. The number of piperazine rings is 1. The van der Waals surface area contributed by atoms with E-state index in [2.05, 4.69) is 45.1 Å². The van der Waals surface area contributed by atoms with Crippen LogP contribution in [-0.2, 0) is 13.2 Å². The van der Waals surface area contributed by atoms with Gasteiger partial charge in [0, 0.05) is 44.2 Å². The Morgan fingerprint density at radius 1 is 0.806 bits per heavy atom. The Morgan fingerprint density at radius 2 is 1.53 bits per heavy atom. The minimum absolute atomic E-state index is 0.436. The molecule has 0 spiro atoms. The topological polar surface area (TPSA) is 86.0 Å². The molecule has 4 aromatic rings. The SMILES string of the molecule is COc1cc2nc(N3CCN(Cc4cccc(OCc5ccccc5)c4)CC3)nc(N)c2cc1OC. The van der Waals surface area contributed by atoms with Crippen LogP contribution in [0.2, 0.25) is 0 Å². The highest BCUT2D eigenvalue weighted by Gasteiger charge is 2.21. The molecular weight excluding hydrogens is 454 g/mol. The molecule has 8 heteroatoms. The van der Waals surface area contributed by atoms with Crippen LogP contribution in [-0.4, -0.2) is 55.3 Å². The van der Waals surface area contributed by atoms with E-state index in [1.165, 1.54) is 5.56 Å². The summed E-state index contributed by atoms with van der Waals surface area (Å²) in [6.07, 6.45) is 0. The molecule has 8 nitrogen and oxygen atoms in total. The molecule has 1 fully saturated rings. The van der Waals surface area contributed by atoms with Crippen molar-refractivity contribution in [3.8, 4) is 17.2 Å². The number of methoxy groups -OCH3 is 2. The summed E-state index contributed by atoms with van der Waals surface area (Å²) >= 11 is 0. The average molecular weight is 486 g/mol. The molecule has 36 heavy (non-hydrogen) atoms. The summed E-state index contributed by atoms with van der Waals surface area (Å²) in [7, 11) is 3.21. The number of ether oxygens (including phenoxy) is 3. The molecule has 1 aliphatic heterocycles. The lowest BCUT2D eigenvalue weighted by molar-refractivity contribution is 0.248. The number of hydrogen-bond acceptors (Lipinski definition) is 8. The molecule has 186 valence electrons. The lowest BCUT2D eigenvalue weighted by atomic mass is 10.2. The Kier molecular flexibility index (Phi) is 7.04. The van der Waals surface area contributed by atoms with Crippen molar-refractivity contribution in [2.75, 3.05) is 51.0 Å². The zero-order valence-electron chi connectivity index (χ0n) is 20.7. The number of rotatable bonds is 8. The molecule has 0 bridgehead atoms. The Labute approximate surface area is 211 Å². The second-order valence-corrected chi connectivity index (χ2v) is 8.82. The highest BCUT2D eigenvalue weighted by molar-refractivity contribution is 5.91. The molecule has 2 heterocycles. The number of hydrogen-bond donors (Lipinski definition) is 1. The molecule has 1 aliphatic rings. The third-order valence-electron chi connectivity index (χ3n) is 6.43. The summed E-state index contributed by atoms with van der Waals surface area (Å²) < 4.78 is 16.8. The molecular formula is C28H31N5O3. The third kappa shape index (κ3) is 5.28. The smallest absolute Gasteiger partial charge is 0.227 e. The molecule has 0 atom stereocenters. The van der Waals surface area contributed by atoms with Gasteiger partial charge in [0.05, 0.1) is 19.7 Å². The summed E-state index contributed by atoms with van der Waals surface area (Å²) in [6.45, 7) is 4.89. The highest BCUT2D eigenvalue weighted by atomic mass is 16.5. The van der Waals surface area contributed by atoms with Gasteiger partial charge >= 0.3 is 0 Å². The van der Waals surface area contributed by atoms with E-state index in [4.69, 9.17) is 24.9 Å². The van der Waals surface area contributed by atoms with E-state index in [1.807, 2.05) is 36.4 Å². The van der Waals surface area contributed by atoms with Gasteiger partial charge in [-0.05, 0) is 29.3 Å². The van der Waals surface area contributed by atoms with Crippen molar-refractivity contribution in [2.24, 2.45) is 0 Å². The second kappa shape index (κ2) is 10.7. The molecule has 0 saturated carbocycles. The predicted molar refractivity (Wildman–Crippen MR) is 142 cm³/mol. The van der Waals surface area contributed by atoms with Gasteiger partial charge in [0.25, 0.3) is 0 Å². The van der Waals surface area contributed by atoms with Crippen LogP contribution < -0.4 is 24.8 Å². The van der Waals surface area contributed by atoms with Gasteiger partial charge in [-0.3, -0.25) is 4.90 Å². The Balaban J connectivity index is 1.21. The van der Waals surface area contributed by atoms with E-state index in [0.717, 1.165) is 54.9 Å². The van der Waals surface area contributed by atoms with Crippen molar-refractivity contribution in [2.45, 2.75) is 13.2 Å². The van der Waals surface area contributed by atoms with Crippen LogP contribution in [0.4, 0.5) is 11.8 Å². The standard InChI is InChI=1S/C28H31N5O3/c1-34-25-16-23-24(17-26(25)35-2)30-28(31-27(23)29)33-13-11-32(12-14-33)18-21-9-6-10-22(15-21)36-19-20-7-4-3-5-8-20/h3-10,15-17H,11-14,18-19H2,1-2H3,(H2,29,30,31). The Hall–Kier alpha value is -4.04. The van der Waals surface area contributed by atoms with E-state index in [1.54, 1.807) is 14.2 Å². The van der Waals surface area contributed by atoms with E-state index in [0.29, 0.717) is 29.9 Å². The normalized spacial score (nSPS) is 14.1. The van der Waals surface area contributed by atoms with Crippen molar-refractivity contribution < 1.29 is 14.2 Å². The molecule has 5 rings (SSSR count). The van der Waals surface area contributed by atoms with Crippen molar-refractivity contribution in [3.05, 3.63) is 77.9 Å². The maximum atomic E-state index is 6.29. The Bertz CT molecular complexity index is 1320. The lowest BCUT2D eigenvalue weighted by Crippen LogP contribution is -2.46. The number of anilines is 2. The zero-order valence-corrected chi connectivity index (χ0v) is 20.7. The third-order valence-corrected chi connectivity index (χ3v) is 6.43. The van der Waals surface area contributed by atoms with Crippen LogP contribution in [0.1, 0.15) is 11.1 Å². The summed E-state index contributed by atoms with van der Waals surface area (Å²) in [4.78, 5) is 14.0. The first-order valence-electron chi connectivity index (χ1n) is 12.0. The number of nitrogen functional groups attached to an aromatic ring is 1. The van der Waals surface area contributed by atoms with Crippen molar-refractivity contribution in [1.29, 1.82) is 0 Å². The molecule has 1 aromatic heterocycles. The van der Waals surface area contributed by atoms with Gasteiger partial charge in [-0.25, -0.2) is 4.98 Å². The zero-order chi connectivity index (χ0) is 24.9. The van der Waals surface area contributed by atoms with Crippen LogP contribution in [0.3, 0.4) is 0 Å². The predicted octanol–water partition coefficient (Wildman–Crippen LogP) is 4.13.